The molecular formula is C100H131BCl2CoN9NaO16. The fraction of sp³-hybridized carbons (Fsp3) is 0.610. The van der Waals surface area contributed by atoms with Gasteiger partial charge in [-0.3, -0.25) is 24.2 Å². The first-order valence-electron chi connectivity index (χ1n) is 45.9. The van der Waals surface area contributed by atoms with Gasteiger partial charge in [0.1, 0.15) is 0 Å². The number of esters is 4. The average Bonchev–Trinajstić information content (AvgIpc) is 1.49. The molecule has 2 aromatic heterocycles. The zero-order valence-electron chi connectivity index (χ0n) is 79.1. The Morgan fingerprint density at radius 1 is 0.592 bits per heavy atom. The van der Waals surface area contributed by atoms with Crippen LogP contribution in [0.25, 0.3) is 21.8 Å². The topological polar surface area (TPSA) is 303 Å². The van der Waals surface area contributed by atoms with Crippen LogP contribution in [0.4, 0.5) is 11.4 Å². The Labute approximate surface area is 804 Å². The Kier molecular flexibility index (Phi) is 30.9. The van der Waals surface area contributed by atoms with Gasteiger partial charge in [-0.05, 0) is 224 Å². The molecule has 5 saturated heterocycles. The van der Waals surface area contributed by atoms with E-state index in [1.807, 2.05) is 14.1 Å². The van der Waals surface area contributed by atoms with Crippen molar-refractivity contribution in [3.63, 3.8) is 0 Å². The van der Waals surface area contributed by atoms with Crippen molar-refractivity contribution in [2.24, 2.45) is 28.1 Å². The number of rotatable bonds is 11. The number of amides is 1. The van der Waals surface area contributed by atoms with Crippen LogP contribution in [0.5, 0.6) is 0 Å². The van der Waals surface area contributed by atoms with Gasteiger partial charge in [0.05, 0.1) is 37.9 Å². The maximum absolute atomic E-state index is 14.4. The number of anilines is 2. The minimum absolute atomic E-state index is 0. The summed E-state index contributed by atoms with van der Waals surface area (Å²) in [6.07, 6.45) is 20.3. The molecule has 13 aliphatic rings. The summed E-state index contributed by atoms with van der Waals surface area (Å²) in [6, 6.07) is 25.3. The number of carbonyl (C=O) groups is 5. The predicted molar refractivity (Wildman–Crippen MR) is 497 cm³/mol. The maximum Gasteiger partial charge on any atom is 0 e. The summed E-state index contributed by atoms with van der Waals surface area (Å²) in [7, 11) is 16.1. The molecule has 4 bridgehead atoms. The Hall–Kier alpha value is -6.98. The first-order valence-corrected chi connectivity index (χ1v) is 48.8. The van der Waals surface area contributed by atoms with Gasteiger partial charge >= 0.3 is 69.4 Å². The number of hydrogen-bond acceptors (Lipinski definition) is 22. The molecule has 1 amide bonds. The molecule has 19 rings (SSSR count). The Morgan fingerprint density at radius 2 is 1.01 bits per heavy atom. The summed E-state index contributed by atoms with van der Waals surface area (Å²) in [4.78, 5) is 122. The summed E-state index contributed by atoms with van der Waals surface area (Å²) in [6.45, 7) is 37.2. The summed E-state index contributed by atoms with van der Waals surface area (Å²) < 4.78 is 28.6. The van der Waals surface area contributed by atoms with Gasteiger partial charge in [0.15, 0.2) is 12.2 Å². The molecule has 5 unspecified atom stereocenters. The summed E-state index contributed by atoms with van der Waals surface area (Å²) in [5.41, 5.74) is 8.74. The number of carbonyl (C=O) groups excluding carboxylic acids is 9. The third-order valence-electron chi connectivity index (χ3n) is 32.9. The molecule has 13 heterocycles. The summed E-state index contributed by atoms with van der Waals surface area (Å²) in [5, 5.41) is 32.6. The summed E-state index contributed by atoms with van der Waals surface area (Å²) >= 11 is 0.382. The molecule has 5 N–H and O–H groups in total. The SMILES string of the molecule is CC1CCCO1.CCC1(C)C[C@H]2CN(CCc3c([nH]c4ccccc34)[C@@](C)(c3cc4c(cc3C)N(C)[C@H]3[C@@](O)(C(=O)OC)[C@H](OC(C)=O)[C@]5(CC)C=CCN6CC[C@]43[C@@H]65)C2)C1.CCC1(NC(C)=O)C[C@H]2CN(CCc3c([nH]c4ccccc34)[C@@](C)(c3cc4c(cc3C)N(C)[C@H]3[C@@](O)(C(=O)OC)[C@H](OC(C)=O)[C@]5(CC)C=CCN6CC[C@]43[C@@H]65)C2)C1.O=C=O.O=C=O.[B].[Cl][Co][Cl].[Na]. The minimum atomic E-state index is -2.17. The van der Waals surface area contributed by atoms with E-state index in [0.29, 0.717) is 43.7 Å². The predicted octanol–water partition coefficient (Wildman–Crippen LogP) is 12.3. The van der Waals surface area contributed by atoms with E-state index in [1.54, 1.807) is 6.92 Å². The van der Waals surface area contributed by atoms with E-state index < -0.39 is 86.4 Å². The van der Waals surface area contributed by atoms with Crippen LogP contribution in [-0.2, 0) is 114 Å². The number of likely N-dealkylation sites (N-methyl/N-ethyl adjacent to an activating group) is 2. The fourth-order valence-corrected chi connectivity index (χ4v) is 28.6. The van der Waals surface area contributed by atoms with Crippen molar-refractivity contribution in [2.45, 2.75) is 261 Å². The van der Waals surface area contributed by atoms with Crippen LogP contribution in [0, 0.1) is 41.9 Å². The number of methoxy groups -OCH3 is 2. The van der Waals surface area contributed by atoms with E-state index in [9.17, 15) is 34.2 Å². The van der Waals surface area contributed by atoms with E-state index in [0.717, 1.165) is 151 Å². The number of halogens is 2. The van der Waals surface area contributed by atoms with Gasteiger partial charge in [-0.1, -0.05) is 107 Å². The first-order chi connectivity index (χ1) is 61.0. The van der Waals surface area contributed by atoms with Crippen LogP contribution in [0.3, 0.4) is 0 Å². The van der Waals surface area contributed by atoms with Gasteiger partial charge in [-0.15, -0.1) is 0 Å². The number of aromatic nitrogens is 2. The smallest absolute Gasteiger partial charge is 0 e. The fourth-order valence-electron chi connectivity index (χ4n) is 28.6. The van der Waals surface area contributed by atoms with E-state index in [1.165, 1.54) is 115 Å². The Bertz CT molecular complexity index is 5360. The molecule has 25 nitrogen and oxygen atoms in total. The zero-order chi connectivity index (χ0) is 92.6. The second kappa shape index (κ2) is 39.4. The normalized spacial score (nSPS) is 35.1. The zero-order valence-corrected chi connectivity index (χ0v) is 83.6. The van der Waals surface area contributed by atoms with Crippen molar-refractivity contribution >= 4 is 134 Å². The van der Waals surface area contributed by atoms with Gasteiger partial charge < -0.3 is 68.8 Å². The number of aryl methyl sites for hydroxylation is 2. The number of nitrogens with zero attached hydrogens (tertiary/aromatic N) is 6. The van der Waals surface area contributed by atoms with Crippen LogP contribution < -0.4 is 15.1 Å². The van der Waals surface area contributed by atoms with Crippen LogP contribution in [0.2, 0.25) is 0 Å². The van der Waals surface area contributed by atoms with E-state index in [4.69, 9.17) is 63.2 Å². The number of hydrogen-bond donors (Lipinski definition) is 5. The quantitative estimate of drug-likeness (QED) is 0.0348. The summed E-state index contributed by atoms with van der Waals surface area (Å²) in [5.74, 6) is -1.76. The van der Waals surface area contributed by atoms with Crippen molar-refractivity contribution in [2.75, 3.05) is 110 Å². The molecule has 21 atom stereocenters. The third kappa shape index (κ3) is 16.5. The number of para-hydroxylation sites is 2. The van der Waals surface area contributed by atoms with E-state index >= 15 is 0 Å². The molecule has 4 radical (unpaired) electrons. The van der Waals surface area contributed by atoms with Gasteiger partial charge in [-0.2, -0.15) is 19.2 Å². The number of nitrogens with one attached hydrogen (secondary N) is 3. The van der Waals surface area contributed by atoms with Gasteiger partial charge in [0.2, 0.25) is 17.1 Å². The van der Waals surface area contributed by atoms with Crippen molar-refractivity contribution in [1.82, 2.24) is 34.9 Å². The maximum atomic E-state index is 14.4. The standard InChI is InChI=1S/C47H61N5O6.C46H60N4O5.C5H10O.2CO2.B.2ClH.Co.Na/c1-9-44(49-29(4)53)25-31-24-43(6,38-33(16-20-51(26-31)27-44)32-14-11-12-15-36(32)48-38)34-23-35-37(22-28(34)3)50(7)40-46(35)18-21-52-19-13-17-45(10-2,39(46)52)41(58-30(5)54)47(40,56)42(55)57-8;1-9-42(5)24-30-25-43(6,37-32(16-20-49(26-30)27-42)31-14-11-12-15-35(31)47-37)33-23-34-36(22-28(33)3)48(7)39-45(34)18-21-50-19-13-17-44(10-2,38(45)50)40(55-29(4)51)46(39,53)41(52)54-8;1-5-3-2-4-6-5;2*2-1-3;;;;;/h11-15,17,22-23,31,39-41,48,56H,9-10,16,18-21,24-27H2,1-8H3,(H,49,53);11-15,17,22-23,30,38-40,47,53H,9-10,16,18-21,24-27H2,1-8H3;5H,2-4H2,1H3;;;;2*1H;;/q;;;;;;;;+2;/p-2/t31-,39-,40+,41+,43+,44?,45+,46+,47-;30-,38+,39-,40-,42?,43-,44-,45-,46+;;;;;;;;/m01......../s1. The van der Waals surface area contributed by atoms with Gasteiger partial charge in [0, 0.05) is 221 Å². The van der Waals surface area contributed by atoms with E-state index in [2.05, 4.69) is 211 Å². The first kappa shape index (κ1) is 102. The van der Waals surface area contributed by atoms with E-state index in [-0.39, 0.29) is 84.6 Å². The average molecular weight is 1880 g/mol. The van der Waals surface area contributed by atoms with Crippen LogP contribution in [0.1, 0.15) is 209 Å². The Balaban J connectivity index is 0.000000201. The van der Waals surface area contributed by atoms with Crippen LogP contribution >= 0.6 is 20.3 Å². The number of aliphatic hydroxyl groups is 2. The molecule has 30 heteroatoms. The molecule has 2 spiro atoms. The number of aromatic amines is 2. The number of piperidine rings is 2. The molecular weight excluding hydrogens is 1750 g/mol. The van der Waals surface area contributed by atoms with Crippen LogP contribution in [0.15, 0.2) is 97.1 Å². The molecule has 2 saturated carbocycles. The van der Waals surface area contributed by atoms with Crippen LogP contribution in [-0.4, -0.2) is 279 Å². The molecule has 130 heavy (non-hydrogen) atoms. The number of H-pyrrole nitrogens is 2. The van der Waals surface area contributed by atoms with Crippen molar-refractivity contribution in [3.8, 4) is 0 Å². The van der Waals surface area contributed by atoms with Gasteiger partial charge in [-0.25, -0.2) is 9.59 Å². The molecule has 11 aliphatic heterocycles. The van der Waals surface area contributed by atoms with Gasteiger partial charge in [0.25, 0.3) is 0 Å². The monoisotopic (exact) mass is 1880 g/mol. The van der Waals surface area contributed by atoms with Crippen molar-refractivity contribution in [1.29, 1.82) is 0 Å². The molecule has 699 valence electrons. The largest absolute Gasteiger partial charge is 0 e. The third-order valence-corrected chi connectivity index (χ3v) is 32.9. The molecule has 7 fully saturated rings. The number of ether oxygens (including phenoxy) is 5. The molecule has 2 aliphatic carbocycles. The molecule has 4 aromatic carbocycles. The minimum Gasteiger partial charge on any atom is 0 e. The number of fused-ring (bicyclic) bond motifs is 12. The molecule has 6 aromatic rings. The second-order valence-corrected chi connectivity index (χ2v) is 41.6. The number of benzene rings is 4. The second-order valence-electron chi connectivity index (χ2n) is 39.9. The Morgan fingerprint density at radius 3 is 1.37 bits per heavy atom. The van der Waals surface area contributed by atoms with Crippen molar-refractivity contribution < 1.29 is 89.9 Å². The van der Waals surface area contributed by atoms with Crippen molar-refractivity contribution in [3.05, 3.63) is 153 Å².